The first kappa shape index (κ1) is 15.3. The van der Waals surface area contributed by atoms with E-state index in [0.29, 0.717) is 12.1 Å². The van der Waals surface area contributed by atoms with Crippen LogP contribution >= 0.6 is 0 Å². The molecule has 0 heterocycles. The van der Waals surface area contributed by atoms with Gasteiger partial charge >= 0.3 is 0 Å². The van der Waals surface area contributed by atoms with Gasteiger partial charge < -0.3 is 10.1 Å². The molecule has 2 aliphatic rings. The van der Waals surface area contributed by atoms with Crippen molar-refractivity contribution in [3.63, 3.8) is 0 Å². The van der Waals surface area contributed by atoms with Crippen LogP contribution in [0, 0.1) is 11.8 Å². The molecule has 2 nitrogen and oxygen atoms in total. The predicted octanol–water partition coefficient (Wildman–Crippen LogP) is 4.14. The molecule has 0 aromatic heterocycles. The van der Waals surface area contributed by atoms with Crippen LogP contribution < -0.4 is 5.32 Å². The third kappa shape index (κ3) is 4.46. The van der Waals surface area contributed by atoms with Crippen molar-refractivity contribution >= 4 is 0 Å². The number of hydrogen-bond donors (Lipinski definition) is 1. The van der Waals surface area contributed by atoms with E-state index in [2.05, 4.69) is 33.0 Å². The Hall–Kier alpha value is -0.0800. The minimum absolute atomic E-state index is 0.226. The Morgan fingerprint density at radius 2 is 1.74 bits per heavy atom. The highest BCUT2D eigenvalue weighted by Gasteiger charge is 2.40. The van der Waals surface area contributed by atoms with Gasteiger partial charge in [0.2, 0.25) is 0 Å². The van der Waals surface area contributed by atoms with Gasteiger partial charge in [-0.25, -0.2) is 0 Å². The largest absolute Gasteiger partial charge is 0.372 e. The third-order valence-electron chi connectivity index (χ3n) is 4.95. The first-order chi connectivity index (χ1) is 8.99. The van der Waals surface area contributed by atoms with Gasteiger partial charge in [0, 0.05) is 6.04 Å². The van der Waals surface area contributed by atoms with Gasteiger partial charge in [-0.15, -0.1) is 0 Å². The minimum Gasteiger partial charge on any atom is -0.372 e. The molecule has 0 aromatic rings. The minimum atomic E-state index is 0.226. The van der Waals surface area contributed by atoms with Crippen LogP contribution in [0.25, 0.3) is 0 Å². The number of rotatable bonds is 6. The average Bonchev–Trinajstić information content (AvgIpc) is 2.23. The Kier molecular flexibility index (Phi) is 5.30. The SMILES string of the molecule is CC1CC(C)CC(OC2(CCNC(C)C)CCC2)C1. The molecular formula is C17H33NO. The molecule has 0 bridgehead atoms. The Morgan fingerprint density at radius 1 is 1.11 bits per heavy atom. The van der Waals surface area contributed by atoms with E-state index in [9.17, 15) is 0 Å². The standard InChI is InChI=1S/C17H33NO/c1-13(2)18-9-8-17(6-5-7-17)19-16-11-14(3)10-15(4)12-16/h13-16,18H,5-12H2,1-4H3. The van der Waals surface area contributed by atoms with Crippen molar-refractivity contribution in [2.75, 3.05) is 6.54 Å². The Labute approximate surface area is 119 Å². The predicted molar refractivity (Wildman–Crippen MR) is 81.4 cm³/mol. The lowest BCUT2D eigenvalue weighted by molar-refractivity contribution is -0.159. The normalized spacial score (nSPS) is 34.3. The average molecular weight is 267 g/mol. The highest BCUT2D eigenvalue weighted by molar-refractivity contribution is 4.92. The number of ether oxygens (including phenoxy) is 1. The Balaban J connectivity index is 1.80. The number of hydrogen-bond acceptors (Lipinski definition) is 2. The number of nitrogens with one attached hydrogen (secondary N) is 1. The van der Waals surface area contributed by atoms with Crippen molar-refractivity contribution in [3.05, 3.63) is 0 Å². The summed E-state index contributed by atoms with van der Waals surface area (Å²) in [5.41, 5.74) is 0.226. The smallest absolute Gasteiger partial charge is 0.0698 e. The lowest BCUT2D eigenvalue weighted by Gasteiger charge is -2.46. The van der Waals surface area contributed by atoms with Crippen LogP contribution in [0.3, 0.4) is 0 Å². The summed E-state index contributed by atoms with van der Waals surface area (Å²) in [6.45, 7) is 10.3. The molecule has 19 heavy (non-hydrogen) atoms. The summed E-state index contributed by atoms with van der Waals surface area (Å²) >= 11 is 0. The molecule has 0 aliphatic heterocycles. The van der Waals surface area contributed by atoms with E-state index in [0.717, 1.165) is 18.4 Å². The molecule has 2 unspecified atom stereocenters. The summed E-state index contributed by atoms with van der Waals surface area (Å²) in [5.74, 6) is 1.69. The first-order valence-corrected chi connectivity index (χ1v) is 8.40. The summed E-state index contributed by atoms with van der Waals surface area (Å²) < 4.78 is 6.60. The molecule has 2 aliphatic carbocycles. The molecule has 0 radical (unpaired) electrons. The lowest BCUT2D eigenvalue weighted by Crippen LogP contribution is -2.47. The molecule has 0 amide bonds. The molecule has 0 saturated heterocycles. The maximum atomic E-state index is 6.60. The molecule has 2 fully saturated rings. The van der Waals surface area contributed by atoms with E-state index in [4.69, 9.17) is 4.74 Å². The second kappa shape index (κ2) is 6.58. The highest BCUT2D eigenvalue weighted by atomic mass is 16.5. The van der Waals surface area contributed by atoms with E-state index >= 15 is 0 Å². The van der Waals surface area contributed by atoms with Gasteiger partial charge in [-0.3, -0.25) is 0 Å². The molecule has 2 heteroatoms. The van der Waals surface area contributed by atoms with E-state index in [1.165, 1.54) is 44.9 Å². The quantitative estimate of drug-likeness (QED) is 0.781. The highest BCUT2D eigenvalue weighted by Crippen LogP contribution is 2.42. The fourth-order valence-electron chi connectivity index (χ4n) is 3.91. The maximum absolute atomic E-state index is 6.60. The molecule has 112 valence electrons. The first-order valence-electron chi connectivity index (χ1n) is 8.40. The van der Waals surface area contributed by atoms with Crippen molar-refractivity contribution in [1.82, 2.24) is 5.32 Å². The van der Waals surface area contributed by atoms with Gasteiger partial charge in [-0.1, -0.05) is 27.7 Å². The molecule has 0 spiro atoms. The second-order valence-electron chi connectivity index (χ2n) is 7.55. The van der Waals surface area contributed by atoms with Crippen LogP contribution in [-0.2, 0) is 4.74 Å². The van der Waals surface area contributed by atoms with E-state index in [1.54, 1.807) is 0 Å². The van der Waals surface area contributed by atoms with Gasteiger partial charge in [0.05, 0.1) is 11.7 Å². The summed E-state index contributed by atoms with van der Waals surface area (Å²) in [4.78, 5) is 0. The summed E-state index contributed by atoms with van der Waals surface area (Å²) in [6, 6.07) is 0.590. The van der Waals surface area contributed by atoms with Crippen LogP contribution in [0.15, 0.2) is 0 Å². The molecule has 2 atom stereocenters. The van der Waals surface area contributed by atoms with Crippen LogP contribution in [-0.4, -0.2) is 24.3 Å². The molecule has 2 rings (SSSR count). The topological polar surface area (TPSA) is 21.3 Å². The van der Waals surface area contributed by atoms with Crippen molar-refractivity contribution in [3.8, 4) is 0 Å². The van der Waals surface area contributed by atoms with E-state index in [-0.39, 0.29) is 5.60 Å². The zero-order chi connectivity index (χ0) is 13.9. The van der Waals surface area contributed by atoms with Crippen molar-refractivity contribution in [2.45, 2.75) is 90.4 Å². The second-order valence-corrected chi connectivity index (χ2v) is 7.55. The monoisotopic (exact) mass is 267 g/mol. The summed E-state index contributed by atoms with van der Waals surface area (Å²) in [7, 11) is 0. The van der Waals surface area contributed by atoms with E-state index in [1.807, 2.05) is 0 Å². The summed E-state index contributed by atoms with van der Waals surface area (Å²) in [6.07, 6.45) is 9.61. The zero-order valence-corrected chi connectivity index (χ0v) is 13.4. The van der Waals surface area contributed by atoms with Crippen molar-refractivity contribution < 1.29 is 4.74 Å². The van der Waals surface area contributed by atoms with Gasteiger partial charge in [-0.05, 0) is 63.3 Å². The molecule has 2 saturated carbocycles. The zero-order valence-electron chi connectivity index (χ0n) is 13.4. The Morgan fingerprint density at radius 3 is 2.21 bits per heavy atom. The van der Waals surface area contributed by atoms with Crippen molar-refractivity contribution in [1.29, 1.82) is 0 Å². The van der Waals surface area contributed by atoms with Gasteiger partial charge in [0.15, 0.2) is 0 Å². The van der Waals surface area contributed by atoms with E-state index < -0.39 is 0 Å². The molecule has 0 aromatic carbocycles. The summed E-state index contributed by atoms with van der Waals surface area (Å²) in [5, 5.41) is 3.54. The van der Waals surface area contributed by atoms with Gasteiger partial charge in [0.1, 0.15) is 0 Å². The fraction of sp³-hybridized carbons (Fsp3) is 1.00. The lowest BCUT2D eigenvalue weighted by atomic mass is 9.76. The van der Waals surface area contributed by atoms with Crippen LogP contribution in [0.1, 0.15) is 72.6 Å². The van der Waals surface area contributed by atoms with Crippen LogP contribution in [0.4, 0.5) is 0 Å². The van der Waals surface area contributed by atoms with Gasteiger partial charge in [0.25, 0.3) is 0 Å². The van der Waals surface area contributed by atoms with Crippen molar-refractivity contribution in [2.24, 2.45) is 11.8 Å². The third-order valence-corrected chi connectivity index (χ3v) is 4.95. The van der Waals surface area contributed by atoms with Crippen LogP contribution in [0.5, 0.6) is 0 Å². The fourth-order valence-corrected chi connectivity index (χ4v) is 3.91. The Bertz CT molecular complexity index is 262. The van der Waals surface area contributed by atoms with Gasteiger partial charge in [-0.2, -0.15) is 0 Å². The molecular weight excluding hydrogens is 234 g/mol. The van der Waals surface area contributed by atoms with Crippen LogP contribution in [0.2, 0.25) is 0 Å². The molecule has 1 N–H and O–H groups in total. The maximum Gasteiger partial charge on any atom is 0.0698 e.